The average Bonchev–Trinajstić information content (AvgIpc) is 2.65. The van der Waals surface area contributed by atoms with E-state index in [1.54, 1.807) is 5.51 Å². The highest BCUT2D eigenvalue weighted by Gasteiger charge is 2.22. The number of nitrogens with zero attached hydrogens (tertiary/aromatic N) is 2. The largest absolute Gasteiger partial charge is 0.480 e. The molecule has 0 amide bonds. The lowest BCUT2D eigenvalue weighted by atomic mass is 10.2. The molecule has 5 heteroatoms. The van der Waals surface area contributed by atoms with Gasteiger partial charge in [0, 0.05) is 11.4 Å². The molecule has 1 aromatic rings. The van der Waals surface area contributed by atoms with E-state index in [0.717, 1.165) is 5.69 Å². The zero-order valence-electron chi connectivity index (χ0n) is 9.17. The van der Waals surface area contributed by atoms with Gasteiger partial charge in [-0.15, -0.1) is 11.3 Å². The first-order valence-corrected chi connectivity index (χ1v) is 5.82. The van der Waals surface area contributed by atoms with Gasteiger partial charge in [-0.05, 0) is 20.8 Å². The van der Waals surface area contributed by atoms with E-state index in [1.165, 1.54) is 11.3 Å². The summed E-state index contributed by atoms with van der Waals surface area (Å²) in [5, 5.41) is 10.8. The molecule has 0 radical (unpaired) electrons. The third kappa shape index (κ3) is 3.28. The van der Waals surface area contributed by atoms with Crippen molar-refractivity contribution in [1.29, 1.82) is 0 Å². The monoisotopic (exact) mass is 228 g/mol. The smallest absolute Gasteiger partial charge is 0.317 e. The van der Waals surface area contributed by atoms with Crippen molar-refractivity contribution in [2.24, 2.45) is 0 Å². The summed E-state index contributed by atoms with van der Waals surface area (Å²) in [6, 6.07) is 0.241. The Balaban J connectivity index is 2.76. The summed E-state index contributed by atoms with van der Waals surface area (Å²) in [4.78, 5) is 16.9. The van der Waals surface area contributed by atoms with Crippen LogP contribution in [0.3, 0.4) is 0 Å². The number of rotatable bonds is 5. The fourth-order valence-corrected chi connectivity index (χ4v) is 2.16. The summed E-state index contributed by atoms with van der Waals surface area (Å²) < 4.78 is 0. The second kappa shape index (κ2) is 5.23. The molecule has 1 N–H and O–H groups in total. The maximum atomic E-state index is 10.7. The Kier molecular flexibility index (Phi) is 4.23. The van der Waals surface area contributed by atoms with Gasteiger partial charge in [-0.25, -0.2) is 4.98 Å². The fraction of sp³-hybridized carbons (Fsp3) is 0.600. The van der Waals surface area contributed by atoms with E-state index in [1.807, 2.05) is 31.1 Å². The van der Waals surface area contributed by atoms with Gasteiger partial charge in [0.05, 0.1) is 23.8 Å². The fourth-order valence-electron chi connectivity index (χ4n) is 1.52. The minimum absolute atomic E-state index is 0.0485. The number of carboxylic acids is 1. The second-order valence-corrected chi connectivity index (χ2v) is 4.47. The van der Waals surface area contributed by atoms with Gasteiger partial charge in [-0.3, -0.25) is 9.69 Å². The van der Waals surface area contributed by atoms with Crippen molar-refractivity contribution in [2.45, 2.75) is 32.9 Å². The first kappa shape index (κ1) is 12.1. The Morgan fingerprint density at radius 1 is 1.60 bits per heavy atom. The summed E-state index contributed by atoms with van der Waals surface area (Å²) in [6.45, 7) is 6.02. The van der Waals surface area contributed by atoms with Crippen molar-refractivity contribution in [3.63, 3.8) is 0 Å². The van der Waals surface area contributed by atoms with Crippen LogP contribution in [0.15, 0.2) is 10.9 Å². The molecule has 1 atom stereocenters. The molecule has 1 unspecified atom stereocenters. The van der Waals surface area contributed by atoms with Crippen LogP contribution in [-0.2, 0) is 4.79 Å². The van der Waals surface area contributed by atoms with Crippen molar-refractivity contribution in [1.82, 2.24) is 9.88 Å². The molecular weight excluding hydrogens is 212 g/mol. The molecule has 1 heterocycles. The van der Waals surface area contributed by atoms with Crippen LogP contribution >= 0.6 is 11.3 Å². The summed E-state index contributed by atoms with van der Waals surface area (Å²) in [5.74, 6) is -0.800. The molecular formula is C10H16N2O2S. The molecule has 0 aliphatic rings. The minimum atomic E-state index is -0.800. The van der Waals surface area contributed by atoms with Crippen molar-refractivity contribution < 1.29 is 9.90 Å². The Labute approximate surface area is 93.6 Å². The van der Waals surface area contributed by atoms with E-state index >= 15 is 0 Å². The van der Waals surface area contributed by atoms with Gasteiger partial charge in [0.15, 0.2) is 0 Å². The third-order valence-electron chi connectivity index (χ3n) is 2.36. The number of hydrogen-bond acceptors (Lipinski definition) is 4. The van der Waals surface area contributed by atoms with Crippen molar-refractivity contribution in [3.8, 4) is 0 Å². The van der Waals surface area contributed by atoms with Gasteiger partial charge in [0.25, 0.3) is 0 Å². The highest BCUT2D eigenvalue weighted by atomic mass is 32.1. The lowest BCUT2D eigenvalue weighted by Crippen LogP contribution is -2.37. The van der Waals surface area contributed by atoms with E-state index in [2.05, 4.69) is 4.98 Å². The minimum Gasteiger partial charge on any atom is -0.480 e. The van der Waals surface area contributed by atoms with Crippen molar-refractivity contribution in [3.05, 3.63) is 16.6 Å². The predicted molar refractivity (Wildman–Crippen MR) is 60.0 cm³/mol. The van der Waals surface area contributed by atoms with Crippen LogP contribution in [0.5, 0.6) is 0 Å². The van der Waals surface area contributed by atoms with Gasteiger partial charge in [0.1, 0.15) is 0 Å². The summed E-state index contributed by atoms with van der Waals surface area (Å²) >= 11 is 1.53. The number of thiazole rings is 1. The molecule has 0 bridgehead atoms. The van der Waals surface area contributed by atoms with Gasteiger partial charge in [-0.1, -0.05) is 0 Å². The molecule has 4 nitrogen and oxygen atoms in total. The Morgan fingerprint density at radius 2 is 2.27 bits per heavy atom. The van der Waals surface area contributed by atoms with Crippen LogP contribution in [0, 0.1) is 0 Å². The zero-order chi connectivity index (χ0) is 11.4. The first-order chi connectivity index (χ1) is 7.02. The third-order valence-corrected chi connectivity index (χ3v) is 2.96. The second-order valence-electron chi connectivity index (χ2n) is 3.75. The number of aliphatic carboxylic acids is 1. The lowest BCUT2D eigenvalue weighted by Gasteiger charge is -2.30. The van der Waals surface area contributed by atoms with Crippen LogP contribution in [0.2, 0.25) is 0 Å². The summed E-state index contributed by atoms with van der Waals surface area (Å²) in [7, 11) is 0. The quantitative estimate of drug-likeness (QED) is 0.837. The molecule has 0 aromatic carbocycles. The van der Waals surface area contributed by atoms with Crippen molar-refractivity contribution in [2.75, 3.05) is 6.54 Å². The predicted octanol–water partition coefficient (Wildman–Crippen LogP) is 2.00. The van der Waals surface area contributed by atoms with Gasteiger partial charge < -0.3 is 5.11 Å². The maximum Gasteiger partial charge on any atom is 0.317 e. The number of carboxylic acid groups (broad SMARTS) is 1. The first-order valence-electron chi connectivity index (χ1n) is 4.88. The molecule has 1 rings (SSSR count). The molecule has 15 heavy (non-hydrogen) atoms. The van der Waals surface area contributed by atoms with Crippen LogP contribution < -0.4 is 0 Å². The molecule has 0 saturated heterocycles. The number of aromatic nitrogens is 1. The summed E-state index contributed by atoms with van der Waals surface area (Å²) in [5.41, 5.74) is 2.71. The van der Waals surface area contributed by atoms with E-state index in [4.69, 9.17) is 5.11 Å². The number of carbonyl (C=O) groups is 1. The van der Waals surface area contributed by atoms with E-state index in [9.17, 15) is 4.79 Å². The highest BCUT2D eigenvalue weighted by Crippen LogP contribution is 2.21. The van der Waals surface area contributed by atoms with E-state index in [-0.39, 0.29) is 18.6 Å². The molecule has 0 aliphatic heterocycles. The molecule has 84 valence electrons. The van der Waals surface area contributed by atoms with E-state index < -0.39 is 5.97 Å². The van der Waals surface area contributed by atoms with Crippen LogP contribution in [-0.4, -0.2) is 33.5 Å². The average molecular weight is 228 g/mol. The van der Waals surface area contributed by atoms with Gasteiger partial charge >= 0.3 is 5.97 Å². The Morgan fingerprint density at radius 3 is 2.67 bits per heavy atom. The van der Waals surface area contributed by atoms with Gasteiger partial charge in [-0.2, -0.15) is 0 Å². The normalized spacial score (nSPS) is 13.4. The Bertz CT molecular complexity index is 311. The van der Waals surface area contributed by atoms with Crippen LogP contribution in [0.4, 0.5) is 0 Å². The molecule has 1 aromatic heterocycles. The molecule has 0 aliphatic carbocycles. The zero-order valence-corrected chi connectivity index (χ0v) is 9.99. The molecule has 0 spiro atoms. The summed E-state index contributed by atoms with van der Waals surface area (Å²) in [6.07, 6.45) is 0. The maximum absolute atomic E-state index is 10.7. The molecule has 0 fully saturated rings. The highest BCUT2D eigenvalue weighted by molar-refractivity contribution is 7.07. The standard InChI is InChI=1S/C10H16N2O2S/c1-7(2)12(4-10(13)14)8(3)9-5-15-6-11-9/h5-8H,4H2,1-3H3,(H,13,14). The van der Waals surface area contributed by atoms with E-state index in [0.29, 0.717) is 0 Å². The van der Waals surface area contributed by atoms with Crippen molar-refractivity contribution >= 4 is 17.3 Å². The molecule has 0 saturated carbocycles. The topological polar surface area (TPSA) is 53.4 Å². The van der Waals surface area contributed by atoms with Gasteiger partial charge in [0.2, 0.25) is 0 Å². The van der Waals surface area contributed by atoms with Crippen LogP contribution in [0.1, 0.15) is 32.5 Å². The number of hydrogen-bond donors (Lipinski definition) is 1. The lowest BCUT2D eigenvalue weighted by molar-refractivity contribution is -0.139. The Hall–Kier alpha value is -0.940. The SMILES string of the molecule is CC(C)N(CC(=O)O)C(C)c1cscn1. The van der Waals surface area contributed by atoms with Crippen LogP contribution in [0.25, 0.3) is 0 Å².